The van der Waals surface area contributed by atoms with Gasteiger partial charge in [-0.2, -0.15) is 0 Å². The van der Waals surface area contributed by atoms with Gasteiger partial charge < -0.3 is 9.84 Å². The van der Waals surface area contributed by atoms with E-state index in [0.717, 1.165) is 18.1 Å². The van der Waals surface area contributed by atoms with Crippen LogP contribution < -0.4 is 9.64 Å². The lowest BCUT2D eigenvalue weighted by atomic mass is 9.97. The normalized spacial score (nSPS) is 17.6. The third-order valence-electron chi connectivity index (χ3n) is 5.45. The van der Waals surface area contributed by atoms with Gasteiger partial charge in [0.05, 0.1) is 23.9 Å². The maximum Gasteiger partial charge on any atom is 0.300 e. The molecule has 6 nitrogen and oxygen atoms in total. The minimum atomic E-state index is -0.989. The van der Waals surface area contributed by atoms with Gasteiger partial charge in [-0.3, -0.25) is 19.5 Å². The lowest BCUT2D eigenvalue weighted by Crippen LogP contribution is -2.29. The zero-order chi connectivity index (χ0) is 22.8. The van der Waals surface area contributed by atoms with Crippen molar-refractivity contribution in [3.8, 4) is 5.75 Å². The van der Waals surface area contributed by atoms with Crippen molar-refractivity contribution in [2.24, 2.45) is 0 Å². The standard InChI is InChI=1S/C25H21FN2O4/c1-3-15-7-10-17(11-8-15)28-22(19-6-4-5-13-27-19)21(24(30)25(28)31)23(29)18-14-16(26)9-12-20(18)32-2/h4-14,22,29H,3H2,1-2H3/b23-21+. The van der Waals surface area contributed by atoms with Gasteiger partial charge in [0.1, 0.15) is 23.4 Å². The van der Waals surface area contributed by atoms with Crippen molar-refractivity contribution in [2.45, 2.75) is 19.4 Å². The summed E-state index contributed by atoms with van der Waals surface area (Å²) in [6.45, 7) is 2.02. The number of Topliss-reactive ketones (excluding diaryl/α,β-unsaturated/α-hetero) is 1. The molecular weight excluding hydrogens is 411 g/mol. The molecule has 0 aliphatic carbocycles. The summed E-state index contributed by atoms with van der Waals surface area (Å²) in [5, 5.41) is 11.1. The Morgan fingerprint density at radius 2 is 1.88 bits per heavy atom. The summed E-state index contributed by atoms with van der Waals surface area (Å²) < 4.78 is 19.2. The zero-order valence-electron chi connectivity index (χ0n) is 17.6. The average molecular weight is 432 g/mol. The molecule has 0 bridgehead atoms. The fourth-order valence-electron chi connectivity index (χ4n) is 3.82. The molecule has 1 fully saturated rings. The Morgan fingerprint density at radius 1 is 1.12 bits per heavy atom. The SMILES string of the molecule is CCc1ccc(N2C(=O)C(=O)/C(=C(/O)c3cc(F)ccc3OC)C2c2ccccn2)cc1. The summed E-state index contributed by atoms with van der Waals surface area (Å²) >= 11 is 0. The number of benzene rings is 2. The summed E-state index contributed by atoms with van der Waals surface area (Å²) in [7, 11) is 1.37. The van der Waals surface area contributed by atoms with Crippen molar-refractivity contribution in [2.75, 3.05) is 12.0 Å². The molecule has 1 saturated heterocycles. The second kappa shape index (κ2) is 8.63. The van der Waals surface area contributed by atoms with E-state index in [1.807, 2.05) is 19.1 Å². The van der Waals surface area contributed by atoms with E-state index in [1.54, 1.807) is 36.5 Å². The molecule has 3 aromatic rings. The Hall–Kier alpha value is -4.00. The highest BCUT2D eigenvalue weighted by Gasteiger charge is 2.47. The molecule has 162 valence electrons. The van der Waals surface area contributed by atoms with E-state index in [9.17, 15) is 19.1 Å². The van der Waals surface area contributed by atoms with Crippen LogP contribution >= 0.6 is 0 Å². The number of pyridine rings is 1. The second-order valence-electron chi connectivity index (χ2n) is 7.29. The van der Waals surface area contributed by atoms with Gasteiger partial charge in [0.2, 0.25) is 0 Å². The van der Waals surface area contributed by atoms with E-state index in [-0.39, 0.29) is 16.9 Å². The summed E-state index contributed by atoms with van der Waals surface area (Å²) in [6.07, 6.45) is 2.36. The summed E-state index contributed by atoms with van der Waals surface area (Å²) in [6, 6.07) is 15.0. The quantitative estimate of drug-likeness (QED) is 0.367. The monoisotopic (exact) mass is 432 g/mol. The predicted octanol–water partition coefficient (Wildman–Crippen LogP) is 4.42. The highest BCUT2D eigenvalue weighted by atomic mass is 19.1. The number of rotatable bonds is 5. The van der Waals surface area contributed by atoms with Crippen LogP contribution in [-0.4, -0.2) is 28.9 Å². The predicted molar refractivity (Wildman–Crippen MR) is 118 cm³/mol. The van der Waals surface area contributed by atoms with E-state index in [1.165, 1.54) is 24.1 Å². The molecule has 0 spiro atoms. The van der Waals surface area contributed by atoms with Crippen LogP contribution in [-0.2, 0) is 16.0 Å². The number of hydrogen-bond acceptors (Lipinski definition) is 5. The Labute approximate surface area is 184 Å². The molecule has 1 aliphatic rings. The summed E-state index contributed by atoms with van der Waals surface area (Å²) in [5.74, 6) is -2.66. The van der Waals surface area contributed by atoms with E-state index in [2.05, 4.69) is 4.98 Å². The molecule has 4 rings (SSSR count). The van der Waals surface area contributed by atoms with Gasteiger partial charge in [-0.25, -0.2) is 4.39 Å². The Bertz CT molecular complexity index is 1210. The number of hydrogen-bond donors (Lipinski definition) is 1. The van der Waals surface area contributed by atoms with Gasteiger partial charge in [-0.1, -0.05) is 25.1 Å². The molecule has 1 atom stereocenters. The molecule has 1 unspecified atom stereocenters. The number of ketones is 1. The van der Waals surface area contributed by atoms with Crippen LogP contribution in [0.25, 0.3) is 5.76 Å². The first kappa shape index (κ1) is 21.2. The summed E-state index contributed by atoms with van der Waals surface area (Å²) in [4.78, 5) is 31.9. The molecule has 1 aliphatic heterocycles. The van der Waals surface area contributed by atoms with Gasteiger partial charge in [0.25, 0.3) is 11.7 Å². The van der Waals surface area contributed by atoms with Gasteiger partial charge in [-0.05, 0) is 54.4 Å². The first-order chi connectivity index (χ1) is 15.5. The van der Waals surface area contributed by atoms with Crippen LogP contribution in [0.5, 0.6) is 5.75 Å². The molecule has 1 N–H and O–H groups in total. The molecule has 2 heterocycles. The number of aromatic nitrogens is 1. The second-order valence-corrected chi connectivity index (χ2v) is 7.29. The number of halogens is 1. The van der Waals surface area contributed by atoms with Crippen LogP contribution in [0.1, 0.15) is 29.8 Å². The third kappa shape index (κ3) is 3.62. The van der Waals surface area contributed by atoms with Crippen molar-refractivity contribution in [3.05, 3.63) is 95.1 Å². The van der Waals surface area contributed by atoms with Crippen molar-refractivity contribution in [1.29, 1.82) is 0 Å². The number of amides is 1. The van der Waals surface area contributed by atoms with Crippen molar-refractivity contribution < 1.29 is 23.8 Å². The fourth-order valence-corrected chi connectivity index (χ4v) is 3.82. The van der Waals surface area contributed by atoms with Gasteiger partial charge in [0, 0.05) is 11.9 Å². The number of aliphatic hydroxyl groups excluding tert-OH is 1. The zero-order valence-corrected chi connectivity index (χ0v) is 17.6. The smallest absolute Gasteiger partial charge is 0.300 e. The van der Waals surface area contributed by atoms with Crippen molar-refractivity contribution in [1.82, 2.24) is 4.98 Å². The number of carbonyl (C=O) groups excluding carboxylic acids is 2. The van der Waals surface area contributed by atoms with Gasteiger partial charge >= 0.3 is 0 Å². The fraction of sp³-hybridized carbons (Fsp3) is 0.160. The molecule has 1 aromatic heterocycles. The minimum absolute atomic E-state index is 0.0206. The number of anilines is 1. The van der Waals surface area contributed by atoms with Gasteiger partial charge in [0.15, 0.2) is 0 Å². The first-order valence-electron chi connectivity index (χ1n) is 10.1. The van der Waals surface area contributed by atoms with Crippen LogP contribution in [0.2, 0.25) is 0 Å². The summed E-state index contributed by atoms with van der Waals surface area (Å²) in [5.41, 5.74) is 1.75. The lowest BCUT2D eigenvalue weighted by molar-refractivity contribution is -0.132. The highest BCUT2D eigenvalue weighted by Crippen LogP contribution is 2.42. The van der Waals surface area contributed by atoms with E-state index in [4.69, 9.17) is 4.74 Å². The van der Waals surface area contributed by atoms with E-state index < -0.39 is 29.3 Å². The third-order valence-corrected chi connectivity index (χ3v) is 5.45. The van der Waals surface area contributed by atoms with Crippen LogP contribution in [0.3, 0.4) is 0 Å². The molecule has 0 radical (unpaired) electrons. The lowest BCUT2D eigenvalue weighted by Gasteiger charge is -2.25. The Balaban J connectivity index is 1.95. The average Bonchev–Trinajstić information content (AvgIpc) is 3.09. The van der Waals surface area contributed by atoms with Crippen LogP contribution in [0.4, 0.5) is 10.1 Å². The largest absolute Gasteiger partial charge is 0.507 e. The van der Waals surface area contributed by atoms with Gasteiger partial charge in [-0.15, -0.1) is 0 Å². The first-order valence-corrected chi connectivity index (χ1v) is 10.1. The molecule has 0 saturated carbocycles. The number of ether oxygens (including phenoxy) is 1. The van der Waals surface area contributed by atoms with Crippen LogP contribution in [0, 0.1) is 5.82 Å². The van der Waals surface area contributed by atoms with E-state index in [0.29, 0.717) is 11.4 Å². The number of aryl methyl sites for hydroxylation is 1. The Kier molecular flexibility index (Phi) is 5.73. The van der Waals surface area contributed by atoms with Crippen LogP contribution in [0.15, 0.2) is 72.4 Å². The number of nitrogens with zero attached hydrogens (tertiary/aromatic N) is 2. The van der Waals surface area contributed by atoms with E-state index >= 15 is 0 Å². The number of methoxy groups -OCH3 is 1. The molecule has 32 heavy (non-hydrogen) atoms. The maximum atomic E-state index is 14.0. The number of aliphatic hydroxyl groups is 1. The topological polar surface area (TPSA) is 79.7 Å². The maximum absolute atomic E-state index is 14.0. The number of carbonyl (C=O) groups is 2. The highest BCUT2D eigenvalue weighted by molar-refractivity contribution is 6.51. The molecule has 2 aromatic carbocycles. The van der Waals surface area contributed by atoms with Crippen molar-refractivity contribution in [3.63, 3.8) is 0 Å². The molecule has 7 heteroatoms. The Morgan fingerprint density at radius 3 is 2.50 bits per heavy atom. The molecular formula is C25H21FN2O4. The van der Waals surface area contributed by atoms with Crippen molar-refractivity contribution >= 4 is 23.1 Å². The molecule has 1 amide bonds. The minimum Gasteiger partial charge on any atom is -0.507 e.